The van der Waals surface area contributed by atoms with Gasteiger partial charge in [0.2, 0.25) is 11.5 Å². The first kappa shape index (κ1) is 9.33. The first-order valence-electron chi connectivity index (χ1n) is 5.36. The van der Waals surface area contributed by atoms with E-state index in [2.05, 4.69) is 0 Å². The van der Waals surface area contributed by atoms with E-state index < -0.39 is 0 Å². The molecule has 82 valence electrons. The van der Waals surface area contributed by atoms with Gasteiger partial charge in [0.1, 0.15) is 5.76 Å². The van der Waals surface area contributed by atoms with E-state index in [1.807, 2.05) is 38.1 Å². The summed E-state index contributed by atoms with van der Waals surface area (Å²) in [5.74, 6) is 4.50. The van der Waals surface area contributed by atoms with E-state index in [1.54, 1.807) is 0 Å². The van der Waals surface area contributed by atoms with Gasteiger partial charge < -0.3 is 13.9 Å². The van der Waals surface area contributed by atoms with E-state index in [9.17, 15) is 0 Å². The van der Waals surface area contributed by atoms with Crippen LogP contribution in [-0.4, -0.2) is 0 Å². The minimum atomic E-state index is 0.704. The number of furan rings is 1. The lowest BCUT2D eigenvalue weighted by Gasteiger charge is -2.17. The molecule has 16 heavy (non-hydrogen) atoms. The maximum atomic E-state index is 5.80. The van der Waals surface area contributed by atoms with Crippen LogP contribution in [0.25, 0.3) is 0 Å². The molecule has 3 nitrogen and oxygen atoms in total. The molecule has 3 heteroatoms. The van der Waals surface area contributed by atoms with E-state index in [1.165, 1.54) is 0 Å². The largest absolute Gasteiger partial charge is 0.458 e. The van der Waals surface area contributed by atoms with Crippen molar-refractivity contribution in [1.82, 2.24) is 0 Å². The van der Waals surface area contributed by atoms with Crippen LogP contribution >= 0.6 is 0 Å². The molecule has 0 saturated heterocycles. The lowest BCUT2D eigenvalue weighted by atomic mass is 10.2. The summed E-state index contributed by atoms with van der Waals surface area (Å²) in [6.45, 7) is 3.91. The summed E-state index contributed by atoms with van der Waals surface area (Å²) in [5, 5.41) is 0. The van der Waals surface area contributed by atoms with Crippen LogP contribution < -0.4 is 9.47 Å². The number of fused-ring (bicyclic) bond motifs is 2. The van der Waals surface area contributed by atoms with Crippen LogP contribution in [0.4, 0.5) is 0 Å². The average Bonchev–Trinajstić information content (AvgIpc) is 2.63. The molecule has 0 aliphatic carbocycles. The van der Waals surface area contributed by atoms with Crippen molar-refractivity contribution in [3.63, 3.8) is 0 Å². The number of aryl methyl sites for hydroxylation is 2. The van der Waals surface area contributed by atoms with Gasteiger partial charge in [-0.2, -0.15) is 0 Å². The first-order valence-corrected chi connectivity index (χ1v) is 5.36. The van der Waals surface area contributed by atoms with E-state index >= 15 is 0 Å². The second-order valence-electron chi connectivity index (χ2n) is 3.74. The van der Waals surface area contributed by atoms with E-state index in [0.29, 0.717) is 5.75 Å². The number of hydrogen-bond donors (Lipinski definition) is 0. The summed E-state index contributed by atoms with van der Waals surface area (Å²) in [6.07, 6.45) is 0.793. The highest BCUT2D eigenvalue weighted by Crippen LogP contribution is 2.49. The Labute approximate surface area is 93.6 Å². The molecule has 1 aliphatic heterocycles. The van der Waals surface area contributed by atoms with Crippen LogP contribution in [0.3, 0.4) is 0 Å². The second-order valence-corrected chi connectivity index (χ2v) is 3.74. The normalized spacial score (nSPS) is 12.4. The van der Waals surface area contributed by atoms with Crippen LogP contribution in [-0.2, 0) is 6.42 Å². The average molecular weight is 216 g/mol. The molecule has 2 aromatic rings. The summed E-state index contributed by atoms with van der Waals surface area (Å²) in [6, 6.07) is 7.62. The van der Waals surface area contributed by atoms with Crippen molar-refractivity contribution < 1.29 is 13.9 Å². The number of para-hydroxylation sites is 2. The Bertz CT molecular complexity index is 540. The molecular weight excluding hydrogens is 204 g/mol. The maximum absolute atomic E-state index is 5.80. The lowest BCUT2D eigenvalue weighted by Crippen LogP contribution is -1.98. The molecular formula is C13H12O3. The molecule has 0 atom stereocenters. The third-order valence-electron chi connectivity index (χ3n) is 2.65. The van der Waals surface area contributed by atoms with Crippen molar-refractivity contribution in [1.29, 1.82) is 0 Å². The van der Waals surface area contributed by atoms with Crippen molar-refractivity contribution in [2.75, 3.05) is 0 Å². The molecule has 0 N–H and O–H groups in total. The molecule has 0 spiro atoms. The molecule has 0 fully saturated rings. The molecule has 3 rings (SSSR count). The monoisotopic (exact) mass is 216 g/mol. The zero-order valence-electron chi connectivity index (χ0n) is 9.24. The van der Waals surface area contributed by atoms with Gasteiger partial charge in [-0.05, 0) is 19.1 Å². The van der Waals surface area contributed by atoms with Gasteiger partial charge in [-0.15, -0.1) is 0 Å². The fourth-order valence-corrected chi connectivity index (χ4v) is 1.86. The topological polar surface area (TPSA) is 31.6 Å². The van der Waals surface area contributed by atoms with Crippen LogP contribution in [0.15, 0.2) is 28.7 Å². The predicted molar refractivity (Wildman–Crippen MR) is 59.4 cm³/mol. The van der Waals surface area contributed by atoms with E-state index in [4.69, 9.17) is 13.9 Å². The smallest absolute Gasteiger partial charge is 0.211 e. The Morgan fingerprint density at radius 2 is 1.62 bits per heavy atom. The molecule has 0 radical (unpaired) electrons. The lowest BCUT2D eigenvalue weighted by molar-refractivity contribution is 0.358. The Morgan fingerprint density at radius 3 is 2.25 bits per heavy atom. The van der Waals surface area contributed by atoms with Crippen LogP contribution in [0.5, 0.6) is 23.0 Å². The molecule has 0 saturated carbocycles. The van der Waals surface area contributed by atoms with Gasteiger partial charge in [0, 0.05) is 6.42 Å². The van der Waals surface area contributed by atoms with Gasteiger partial charge in [-0.3, -0.25) is 0 Å². The van der Waals surface area contributed by atoms with Crippen molar-refractivity contribution >= 4 is 0 Å². The number of rotatable bonds is 1. The molecule has 0 unspecified atom stereocenters. The van der Waals surface area contributed by atoms with Gasteiger partial charge in [-0.25, -0.2) is 0 Å². The Kier molecular flexibility index (Phi) is 1.93. The van der Waals surface area contributed by atoms with Crippen molar-refractivity contribution in [2.45, 2.75) is 20.3 Å². The highest BCUT2D eigenvalue weighted by atomic mass is 16.6. The second kappa shape index (κ2) is 3.30. The molecule has 1 aromatic carbocycles. The van der Waals surface area contributed by atoms with Crippen molar-refractivity contribution in [2.24, 2.45) is 0 Å². The van der Waals surface area contributed by atoms with Crippen molar-refractivity contribution in [3.05, 3.63) is 35.8 Å². The minimum absolute atomic E-state index is 0.704. The Morgan fingerprint density at radius 1 is 1.00 bits per heavy atom. The molecule has 0 amide bonds. The van der Waals surface area contributed by atoms with Gasteiger partial charge >= 0.3 is 0 Å². The SMILES string of the molecule is CCc1oc(C)c2c1Oc1ccccc1O2. The summed E-state index contributed by atoms with van der Waals surface area (Å²) >= 11 is 0. The summed E-state index contributed by atoms with van der Waals surface area (Å²) in [5.41, 5.74) is 0. The number of hydrogen-bond acceptors (Lipinski definition) is 3. The van der Waals surface area contributed by atoms with E-state index in [0.717, 1.165) is 35.2 Å². The van der Waals surface area contributed by atoms with Gasteiger partial charge in [0.05, 0.1) is 0 Å². The van der Waals surface area contributed by atoms with Crippen LogP contribution in [0.2, 0.25) is 0 Å². The third kappa shape index (κ3) is 1.21. The van der Waals surface area contributed by atoms with Gasteiger partial charge in [0.15, 0.2) is 17.3 Å². The predicted octanol–water partition coefficient (Wildman–Crippen LogP) is 4.05. The molecule has 0 bridgehead atoms. The van der Waals surface area contributed by atoms with Crippen molar-refractivity contribution in [3.8, 4) is 23.0 Å². The minimum Gasteiger partial charge on any atom is -0.458 e. The quantitative estimate of drug-likeness (QED) is 0.615. The Hall–Kier alpha value is -1.90. The third-order valence-corrected chi connectivity index (χ3v) is 2.65. The van der Waals surface area contributed by atoms with Gasteiger partial charge in [-0.1, -0.05) is 19.1 Å². The standard InChI is InChI=1S/C13H12O3/c1-3-9-13-12(8(2)14-9)15-10-6-4-5-7-11(10)16-13/h4-7H,3H2,1-2H3. The maximum Gasteiger partial charge on any atom is 0.211 e. The fourth-order valence-electron chi connectivity index (χ4n) is 1.86. The summed E-state index contributed by atoms with van der Waals surface area (Å²) < 4.78 is 17.2. The highest BCUT2D eigenvalue weighted by Gasteiger charge is 2.26. The highest BCUT2D eigenvalue weighted by molar-refractivity contribution is 5.57. The first-order chi connectivity index (χ1) is 7.79. The Balaban J connectivity index is 2.13. The molecule has 1 aromatic heterocycles. The zero-order chi connectivity index (χ0) is 11.1. The molecule has 2 heterocycles. The fraction of sp³-hybridized carbons (Fsp3) is 0.231. The summed E-state index contributed by atoms with van der Waals surface area (Å²) in [7, 11) is 0. The number of ether oxygens (including phenoxy) is 2. The number of benzene rings is 1. The summed E-state index contributed by atoms with van der Waals surface area (Å²) in [4.78, 5) is 0. The van der Waals surface area contributed by atoms with Gasteiger partial charge in [0.25, 0.3) is 0 Å². The van der Waals surface area contributed by atoms with Crippen LogP contribution in [0.1, 0.15) is 18.4 Å². The molecule has 1 aliphatic rings. The zero-order valence-corrected chi connectivity index (χ0v) is 9.24. The van der Waals surface area contributed by atoms with E-state index in [-0.39, 0.29) is 0 Å². The van der Waals surface area contributed by atoms with Crippen LogP contribution in [0, 0.1) is 6.92 Å².